The topological polar surface area (TPSA) is 40.1 Å². The van der Waals surface area contributed by atoms with Crippen LogP contribution in [-0.2, 0) is 11.3 Å². The minimum Gasteiger partial charge on any atom is -0.380 e. The molecule has 2 aliphatic rings. The molecular formula is C19H28BrFN4O. The summed E-state index contributed by atoms with van der Waals surface area (Å²) in [5.74, 6) is 0.797. The summed E-state index contributed by atoms with van der Waals surface area (Å²) in [7, 11) is 0. The Morgan fingerprint density at radius 1 is 1.31 bits per heavy atom. The number of benzene rings is 1. The number of nitrogens with zero attached hydrogens (tertiary/aromatic N) is 3. The Morgan fingerprint density at radius 2 is 2.04 bits per heavy atom. The molecule has 26 heavy (non-hydrogen) atoms. The highest BCUT2D eigenvalue weighted by Crippen LogP contribution is 2.26. The third kappa shape index (κ3) is 4.96. The quantitative estimate of drug-likeness (QED) is 0.580. The minimum atomic E-state index is -0.198. The van der Waals surface area contributed by atoms with Crippen molar-refractivity contribution in [2.75, 3.05) is 52.5 Å². The summed E-state index contributed by atoms with van der Waals surface area (Å²) in [5.41, 5.74) is 1.20. The smallest absolute Gasteiger partial charge is 0.194 e. The molecule has 0 spiro atoms. The van der Waals surface area contributed by atoms with E-state index in [0.29, 0.717) is 4.47 Å². The number of hydrogen-bond donors (Lipinski definition) is 1. The summed E-state index contributed by atoms with van der Waals surface area (Å²) in [6.07, 6.45) is 0. The first kappa shape index (κ1) is 19.6. The molecule has 2 heterocycles. The molecule has 5 nitrogen and oxygen atoms in total. The number of hydrogen-bond acceptors (Lipinski definition) is 3. The Labute approximate surface area is 163 Å². The standard InChI is InChI=1S/C19H28BrFN4O/c1-3-22-18(23-12-19(2)13-26-14-19)25-8-6-24(7-9-25)11-15-4-5-16(20)17(21)10-15/h4-5,10H,3,6-9,11-14H2,1-2H3,(H,22,23). The summed E-state index contributed by atoms with van der Waals surface area (Å²) < 4.78 is 19.5. The number of aliphatic imine (C=N–C) groups is 1. The molecule has 0 radical (unpaired) electrons. The zero-order valence-electron chi connectivity index (χ0n) is 15.6. The third-order valence-corrected chi connectivity index (χ3v) is 5.55. The van der Waals surface area contributed by atoms with Crippen LogP contribution in [0.15, 0.2) is 27.7 Å². The maximum atomic E-state index is 13.7. The highest BCUT2D eigenvalue weighted by molar-refractivity contribution is 9.10. The van der Waals surface area contributed by atoms with E-state index in [4.69, 9.17) is 9.73 Å². The van der Waals surface area contributed by atoms with E-state index in [9.17, 15) is 4.39 Å². The largest absolute Gasteiger partial charge is 0.380 e. The van der Waals surface area contributed by atoms with Crippen LogP contribution in [-0.4, -0.2) is 68.2 Å². The van der Waals surface area contributed by atoms with Crippen molar-refractivity contribution < 1.29 is 9.13 Å². The monoisotopic (exact) mass is 426 g/mol. The number of rotatable bonds is 5. The van der Waals surface area contributed by atoms with Crippen LogP contribution in [0.4, 0.5) is 4.39 Å². The van der Waals surface area contributed by atoms with Gasteiger partial charge in [-0.2, -0.15) is 0 Å². The van der Waals surface area contributed by atoms with E-state index < -0.39 is 0 Å². The summed E-state index contributed by atoms with van der Waals surface area (Å²) in [4.78, 5) is 9.53. The van der Waals surface area contributed by atoms with Gasteiger partial charge in [-0.05, 0) is 40.5 Å². The highest BCUT2D eigenvalue weighted by Gasteiger charge is 2.33. The molecule has 0 unspecified atom stereocenters. The molecule has 0 aromatic heterocycles. The van der Waals surface area contributed by atoms with Gasteiger partial charge in [-0.1, -0.05) is 13.0 Å². The van der Waals surface area contributed by atoms with E-state index >= 15 is 0 Å². The van der Waals surface area contributed by atoms with Gasteiger partial charge in [-0.3, -0.25) is 9.89 Å². The van der Waals surface area contributed by atoms with Crippen LogP contribution in [0.1, 0.15) is 19.4 Å². The average Bonchev–Trinajstić information content (AvgIpc) is 2.61. The summed E-state index contributed by atoms with van der Waals surface area (Å²) in [6, 6.07) is 5.37. The number of halogens is 2. The lowest BCUT2D eigenvalue weighted by molar-refractivity contribution is -0.0946. The van der Waals surface area contributed by atoms with E-state index in [1.165, 1.54) is 0 Å². The molecule has 2 aliphatic heterocycles. The van der Waals surface area contributed by atoms with Gasteiger partial charge >= 0.3 is 0 Å². The van der Waals surface area contributed by atoms with Crippen LogP contribution < -0.4 is 5.32 Å². The second-order valence-electron chi connectivity index (χ2n) is 7.49. The van der Waals surface area contributed by atoms with Crippen LogP contribution >= 0.6 is 15.9 Å². The highest BCUT2D eigenvalue weighted by atomic mass is 79.9. The first-order valence-corrected chi connectivity index (χ1v) is 10.1. The van der Waals surface area contributed by atoms with Crippen molar-refractivity contribution in [3.63, 3.8) is 0 Å². The van der Waals surface area contributed by atoms with Crippen molar-refractivity contribution >= 4 is 21.9 Å². The van der Waals surface area contributed by atoms with Crippen molar-refractivity contribution in [2.24, 2.45) is 10.4 Å². The van der Waals surface area contributed by atoms with Crippen LogP contribution in [0.3, 0.4) is 0 Å². The van der Waals surface area contributed by atoms with Gasteiger partial charge in [0.25, 0.3) is 0 Å². The minimum absolute atomic E-state index is 0.189. The summed E-state index contributed by atoms with van der Waals surface area (Å²) >= 11 is 3.21. The number of nitrogens with one attached hydrogen (secondary N) is 1. The molecule has 3 rings (SSSR count). The second-order valence-corrected chi connectivity index (χ2v) is 8.34. The maximum absolute atomic E-state index is 13.7. The molecule has 2 saturated heterocycles. The van der Waals surface area contributed by atoms with Gasteiger partial charge in [0.2, 0.25) is 0 Å². The Morgan fingerprint density at radius 3 is 2.62 bits per heavy atom. The lowest BCUT2D eigenvalue weighted by Crippen LogP contribution is -2.52. The second kappa shape index (κ2) is 8.67. The van der Waals surface area contributed by atoms with E-state index in [2.05, 4.69) is 44.9 Å². The molecule has 7 heteroatoms. The Kier molecular flexibility index (Phi) is 6.53. The molecule has 0 aliphatic carbocycles. The van der Waals surface area contributed by atoms with Gasteiger partial charge in [0.15, 0.2) is 5.96 Å². The van der Waals surface area contributed by atoms with Crippen molar-refractivity contribution in [3.8, 4) is 0 Å². The van der Waals surface area contributed by atoms with Crippen molar-refractivity contribution in [1.29, 1.82) is 0 Å². The van der Waals surface area contributed by atoms with Crippen molar-refractivity contribution in [1.82, 2.24) is 15.1 Å². The number of guanidine groups is 1. The number of piperazine rings is 1. The maximum Gasteiger partial charge on any atom is 0.194 e. The molecule has 0 atom stereocenters. The van der Waals surface area contributed by atoms with Gasteiger partial charge in [-0.15, -0.1) is 0 Å². The third-order valence-electron chi connectivity index (χ3n) is 4.91. The van der Waals surface area contributed by atoms with Crippen molar-refractivity contribution in [2.45, 2.75) is 20.4 Å². The summed E-state index contributed by atoms with van der Waals surface area (Å²) in [6.45, 7) is 12.1. The van der Waals surface area contributed by atoms with Gasteiger partial charge in [0, 0.05) is 44.7 Å². The lowest BCUT2D eigenvalue weighted by atomic mass is 9.89. The van der Waals surface area contributed by atoms with Crippen molar-refractivity contribution in [3.05, 3.63) is 34.1 Å². The molecule has 1 aromatic rings. The molecule has 144 valence electrons. The van der Waals surface area contributed by atoms with E-state index in [1.807, 2.05) is 6.07 Å². The van der Waals surface area contributed by atoms with Gasteiger partial charge in [0.05, 0.1) is 24.2 Å². The molecule has 2 fully saturated rings. The SMILES string of the molecule is CCNC(=NCC1(C)COC1)N1CCN(Cc2ccc(Br)c(F)c2)CC1. The first-order valence-electron chi connectivity index (χ1n) is 9.26. The molecule has 0 bridgehead atoms. The fourth-order valence-electron chi connectivity index (χ4n) is 3.25. The fraction of sp³-hybridized carbons (Fsp3) is 0.632. The zero-order valence-corrected chi connectivity index (χ0v) is 17.2. The molecular weight excluding hydrogens is 399 g/mol. The van der Waals surface area contributed by atoms with Crippen LogP contribution in [0, 0.1) is 11.2 Å². The Hall–Kier alpha value is -1.18. The Bertz CT molecular complexity index is 642. The molecule has 1 N–H and O–H groups in total. The van der Waals surface area contributed by atoms with Gasteiger partial charge in [-0.25, -0.2) is 4.39 Å². The van der Waals surface area contributed by atoms with E-state index in [-0.39, 0.29) is 11.2 Å². The van der Waals surface area contributed by atoms with Gasteiger partial charge in [0.1, 0.15) is 5.82 Å². The average molecular weight is 427 g/mol. The lowest BCUT2D eigenvalue weighted by Gasteiger charge is -2.39. The Balaban J connectivity index is 1.53. The van der Waals surface area contributed by atoms with E-state index in [0.717, 1.165) is 70.6 Å². The molecule has 1 aromatic carbocycles. The number of ether oxygens (including phenoxy) is 1. The normalized spacial score (nSPS) is 20.8. The molecule has 0 amide bonds. The van der Waals surface area contributed by atoms with Gasteiger partial charge < -0.3 is 15.0 Å². The van der Waals surface area contributed by atoms with Crippen LogP contribution in [0.2, 0.25) is 0 Å². The van der Waals surface area contributed by atoms with Crippen LogP contribution in [0.5, 0.6) is 0 Å². The predicted molar refractivity (Wildman–Crippen MR) is 106 cm³/mol. The first-order chi connectivity index (χ1) is 12.5. The predicted octanol–water partition coefficient (Wildman–Crippen LogP) is 2.71. The van der Waals surface area contributed by atoms with E-state index in [1.54, 1.807) is 12.1 Å². The fourth-order valence-corrected chi connectivity index (χ4v) is 3.49. The molecule has 0 saturated carbocycles. The zero-order chi connectivity index (χ0) is 18.6. The summed E-state index contributed by atoms with van der Waals surface area (Å²) in [5, 5.41) is 3.41. The van der Waals surface area contributed by atoms with Crippen LogP contribution in [0.25, 0.3) is 0 Å².